The fourth-order valence-corrected chi connectivity index (χ4v) is 1.43. The summed E-state index contributed by atoms with van der Waals surface area (Å²) in [6, 6.07) is 0. The SMILES string of the molecule is CC(C)(C)c1nnc(-c2nc(C(=N)CN)cnc2N)o1. The Hall–Kier alpha value is -2.35. The van der Waals surface area contributed by atoms with Crippen molar-refractivity contribution in [2.24, 2.45) is 5.73 Å². The molecule has 0 unspecified atom stereocenters. The molecular formula is C12H17N7O. The van der Waals surface area contributed by atoms with Crippen molar-refractivity contribution < 1.29 is 4.42 Å². The summed E-state index contributed by atoms with van der Waals surface area (Å²) < 4.78 is 5.58. The summed E-state index contributed by atoms with van der Waals surface area (Å²) in [5, 5.41) is 15.6. The van der Waals surface area contributed by atoms with Gasteiger partial charge in [0.1, 0.15) is 5.69 Å². The van der Waals surface area contributed by atoms with Crippen molar-refractivity contribution in [2.75, 3.05) is 12.3 Å². The fraction of sp³-hybridized carbons (Fsp3) is 0.417. The minimum absolute atomic E-state index is 0.0646. The van der Waals surface area contributed by atoms with Gasteiger partial charge in [-0.3, -0.25) is 0 Å². The maximum absolute atomic E-state index is 7.68. The Bertz CT molecular complexity index is 641. The van der Waals surface area contributed by atoms with E-state index in [0.717, 1.165) is 0 Å². The molecule has 0 saturated carbocycles. The largest absolute Gasteiger partial charge is 0.419 e. The van der Waals surface area contributed by atoms with Crippen molar-refractivity contribution in [2.45, 2.75) is 26.2 Å². The van der Waals surface area contributed by atoms with Crippen molar-refractivity contribution in [3.63, 3.8) is 0 Å². The number of anilines is 1. The first-order valence-corrected chi connectivity index (χ1v) is 6.07. The van der Waals surface area contributed by atoms with Crippen LogP contribution in [0, 0.1) is 5.41 Å². The first-order chi connectivity index (χ1) is 9.32. The molecule has 8 nitrogen and oxygen atoms in total. The van der Waals surface area contributed by atoms with Gasteiger partial charge in [-0.25, -0.2) is 9.97 Å². The molecule has 0 spiro atoms. The number of nitrogens with one attached hydrogen (secondary N) is 1. The maximum Gasteiger partial charge on any atom is 0.270 e. The van der Waals surface area contributed by atoms with Gasteiger partial charge in [0.25, 0.3) is 5.89 Å². The molecule has 0 radical (unpaired) electrons. The van der Waals surface area contributed by atoms with Gasteiger partial charge >= 0.3 is 0 Å². The summed E-state index contributed by atoms with van der Waals surface area (Å²) in [7, 11) is 0. The predicted molar refractivity (Wildman–Crippen MR) is 74.3 cm³/mol. The topological polar surface area (TPSA) is 141 Å². The number of nitrogen functional groups attached to an aromatic ring is 1. The maximum atomic E-state index is 7.68. The monoisotopic (exact) mass is 275 g/mol. The van der Waals surface area contributed by atoms with Crippen LogP contribution in [0.2, 0.25) is 0 Å². The summed E-state index contributed by atoms with van der Waals surface area (Å²) in [6.07, 6.45) is 1.40. The van der Waals surface area contributed by atoms with E-state index in [9.17, 15) is 0 Å². The summed E-state index contributed by atoms with van der Waals surface area (Å²) in [6.45, 7) is 5.94. The standard InChI is InChI=1S/C12H17N7O/c1-12(2,3)11-19-18-10(20-11)8-9(15)16-5-7(17-8)6(14)4-13/h5,14H,4,13H2,1-3H3,(H2,15,16). The molecule has 0 saturated heterocycles. The Kier molecular flexibility index (Phi) is 3.49. The van der Waals surface area contributed by atoms with Crippen molar-refractivity contribution >= 4 is 11.5 Å². The minimum Gasteiger partial charge on any atom is -0.419 e. The molecule has 0 aliphatic heterocycles. The van der Waals surface area contributed by atoms with Crippen molar-refractivity contribution in [3.8, 4) is 11.6 Å². The molecule has 0 fully saturated rings. The van der Waals surface area contributed by atoms with Gasteiger partial charge < -0.3 is 21.3 Å². The Balaban J connectivity index is 2.47. The van der Waals surface area contributed by atoms with Gasteiger partial charge in [-0.05, 0) is 0 Å². The third kappa shape index (κ3) is 2.64. The molecule has 0 aliphatic carbocycles. The van der Waals surface area contributed by atoms with E-state index in [2.05, 4.69) is 20.2 Å². The number of nitrogens with zero attached hydrogens (tertiary/aromatic N) is 4. The van der Waals surface area contributed by atoms with Crippen LogP contribution in [0.3, 0.4) is 0 Å². The predicted octanol–water partition coefficient (Wildman–Crippen LogP) is 0.733. The highest BCUT2D eigenvalue weighted by Crippen LogP contribution is 2.26. The van der Waals surface area contributed by atoms with E-state index in [0.29, 0.717) is 11.6 Å². The number of aromatic nitrogens is 4. The summed E-state index contributed by atoms with van der Waals surface area (Å²) in [5.41, 5.74) is 11.7. The molecular weight excluding hydrogens is 258 g/mol. The van der Waals surface area contributed by atoms with Gasteiger partial charge in [-0.1, -0.05) is 20.8 Å². The van der Waals surface area contributed by atoms with E-state index < -0.39 is 0 Å². The lowest BCUT2D eigenvalue weighted by Crippen LogP contribution is -2.16. The van der Waals surface area contributed by atoms with Crippen LogP contribution >= 0.6 is 0 Å². The van der Waals surface area contributed by atoms with Gasteiger partial charge in [0.2, 0.25) is 5.89 Å². The molecule has 0 amide bonds. The summed E-state index contributed by atoms with van der Waals surface area (Å²) in [4.78, 5) is 8.21. The smallest absolute Gasteiger partial charge is 0.270 e. The molecule has 2 rings (SSSR count). The first kappa shape index (κ1) is 14.1. The molecule has 2 aromatic rings. The van der Waals surface area contributed by atoms with E-state index in [1.165, 1.54) is 6.20 Å². The lowest BCUT2D eigenvalue weighted by atomic mass is 9.97. The number of hydrogen-bond donors (Lipinski definition) is 3. The average molecular weight is 275 g/mol. The van der Waals surface area contributed by atoms with Crippen LogP contribution in [-0.4, -0.2) is 32.4 Å². The molecule has 5 N–H and O–H groups in total. The molecule has 0 aromatic carbocycles. The van der Waals surface area contributed by atoms with Crippen LogP contribution < -0.4 is 11.5 Å². The van der Waals surface area contributed by atoms with Crippen LogP contribution in [0.5, 0.6) is 0 Å². The van der Waals surface area contributed by atoms with E-state index in [-0.39, 0.29) is 35.1 Å². The molecule has 2 heterocycles. The Morgan fingerprint density at radius 1 is 1.35 bits per heavy atom. The molecule has 0 bridgehead atoms. The average Bonchev–Trinajstić information content (AvgIpc) is 2.87. The molecule has 106 valence electrons. The van der Waals surface area contributed by atoms with E-state index >= 15 is 0 Å². The van der Waals surface area contributed by atoms with Crippen LogP contribution in [0.4, 0.5) is 5.82 Å². The van der Waals surface area contributed by atoms with Crippen molar-refractivity contribution in [1.82, 2.24) is 20.2 Å². The Morgan fingerprint density at radius 3 is 2.60 bits per heavy atom. The van der Waals surface area contributed by atoms with Gasteiger partial charge in [0.15, 0.2) is 11.5 Å². The van der Waals surface area contributed by atoms with E-state index in [1.807, 2.05) is 20.8 Å². The first-order valence-electron chi connectivity index (χ1n) is 6.07. The molecule has 20 heavy (non-hydrogen) atoms. The van der Waals surface area contributed by atoms with E-state index in [4.69, 9.17) is 21.3 Å². The lowest BCUT2D eigenvalue weighted by Gasteiger charge is -2.11. The van der Waals surface area contributed by atoms with Gasteiger partial charge in [0.05, 0.1) is 11.9 Å². The number of rotatable bonds is 3. The second-order valence-electron chi connectivity index (χ2n) is 5.33. The second kappa shape index (κ2) is 4.97. The molecule has 2 aromatic heterocycles. The van der Waals surface area contributed by atoms with Gasteiger partial charge in [-0.15, -0.1) is 10.2 Å². The molecule has 0 aliphatic rings. The zero-order chi connectivity index (χ0) is 14.9. The minimum atomic E-state index is -0.269. The second-order valence-corrected chi connectivity index (χ2v) is 5.33. The highest BCUT2D eigenvalue weighted by Gasteiger charge is 2.23. The highest BCUT2D eigenvalue weighted by molar-refractivity contribution is 5.98. The van der Waals surface area contributed by atoms with Crippen LogP contribution in [-0.2, 0) is 5.41 Å². The third-order valence-corrected chi connectivity index (χ3v) is 2.58. The summed E-state index contributed by atoms with van der Waals surface area (Å²) in [5.74, 6) is 0.835. The van der Waals surface area contributed by atoms with Crippen LogP contribution in [0.25, 0.3) is 11.6 Å². The zero-order valence-corrected chi connectivity index (χ0v) is 11.6. The van der Waals surface area contributed by atoms with Crippen LogP contribution in [0.15, 0.2) is 10.6 Å². The highest BCUT2D eigenvalue weighted by atomic mass is 16.4. The number of hydrogen-bond acceptors (Lipinski definition) is 8. The third-order valence-electron chi connectivity index (χ3n) is 2.58. The van der Waals surface area contributed by atoms with E-state index in [1.54, 1.807) is 0 Å². The van der Waals surface area contributed by atoms with Crippen LogP contribution in [0.1, 0.15) is 32.4 Å². The Labute approximate surface area is 116 Å². The fourth-order valence-electron chi connectivity index (χ4n) is 1.43. The van der Waals surface area contributed by atoms with Gasteiger partial charge in [0, 0.05) is 12.0 Å². The summed E-state index contributed by atoms with van der Waals surface area (Å²) >= 11 is 0. The molecule has 0 atom stereocenters. The lowest BCUT2D eigenvalue weighted by molar-refractivity contribution is 0.398. The number of nitrogens with two attached hydrogens (primary N) is 2. The normalized spacial score (nSPS) is 11.6. The van der Waals surface area contributed by atoms with Crippen molar-refractivity contribution in [3.05, 3.63) is 17.8 Å². The Morgan fingerprint density at radius 2 is 2.05 bits per heavy atom. The zero-order valence-electron chi connectivity index (χ0n) is 11.6. The molecule has 8 heteroatoms. The van der Waals surface area contributed by atoms with Crippen molar-refractivity contribution in [1.29, 1.82) is 5.41 Å². The quantitative estimate of drug-likeness (QED) is 0.701. The van der Waals surface area contributed by atoms with Gasteiger partial charge in [-0.2, -0.15) is 0 Å².